The molecule has 0 amide bonds. The minimum Gasteiger partial charge on any atom is -0.491 e. The van der Waals surface area contributed by atoms with E-state index in [0.717, 1.165) is 0 Å². The van der Waals surface area contributed by atoms with Gasteiger partial charge in [0.05, 0.1) is 4.92 Å². The molecule has 0 aliphatic rings. The molecule has 7 nitrogen and oxygen atoms in total. The third kappa shape index (κ3) is 4.38. The van der Waals surface area contributed by atoms with Crippen molar-refractivity contribution in [1.29, 1.82) is 0 Å². The zero-order chi connectivity index (χ0) is 15.9. The quantitative estimate of drug-likeness (QED) is 0.599. The Morgan fingerprint density at radius 1 is 1.36 bits per heavy atom. The topological polar surface area (TPSA) is 97.5 Å². The van der Waals surface area contributed by atoms with Gasteiger partial charge in [-0.25, -0.2) is 9.37 Å². The molecule has 1 aromatic heterocycles. The van der Waals surface area contributed by atoms with Crippen LogP contribution in [0.3, 0.4) is 0 Å². The maximum Gasteiger partial charge on any atom is 0.311 e. The number of anilines is 1. The molecule has 22 heavy (non-hydrogen) atoms. The number of pyridine rings is 1. The maximum absolute atomic E-state index is 12.7. The Morgan fingerprint density at radius 3 is 2.77 bits per heavy atom. The first-order valence-corrected chi connectivity index (χ1v) is 6.46. The molecule has 1 aromatic carbocycles. The summed E-state index contributed by atoms with van der Waals surface area (Å²) in [7, 11) is 0. The number of nitrogens with zero attached hydrogens (tertiary/aromatic N) is 2. The first-order chi connectivity index (χ1) is 10.6. The van der Waals surface area contributed by atoms with Gasteiger partial charge in [-0.05, 0) is 30.3 Å². The summed E-state index contributed by atoms with van der Waals surface area (Å²) in [5.74, 6) is 0.120. The van der Waals surface area contributed by atoms with Crippen molar-refractivity contribution < 1.29 is 19.2 Å². The molecule has 0 saturated heterocycles. The van der Waals surface area contributed by atoms with Crippen LogP contribution in [-0.2, 0) is 0 Å². The van der Waals surface area contributed by atoms with E-state index in [0.29, 0.717) is 5.75 Å². The Labute approximate surface area is 125 Å². The molecule has 1 atom stereocenters. The highest BCUT2D eigenvalue weighted by molar-refractivity contribution is 5.55. The molecule has 2 aromatic rings. The molecule has 1 heterocycles. The summed E-state index contributed by atoms with van der Waals surface area (Å²) in [5.41, 5.74) is -0.172. The third-order valence-electron chi connectivity index (χ3n) is 2.74. The van der Waals surface area contributed by atoms with E-state index in [2.05, 4.69) is 10.3 Å². The van der Waals surface area contributed by atoms with Crippen molar-refractivity contribution in [3.8, 4) is 5.75 Å². The Hall–Kier alpha value is -2.74. The van der Waals surface area contributed by atoms with E-state index < -0.39 is 11.0 Å². The van der Waals surface area contributed by atoms with E-state index in [1.165, 1.54) is 42.6 Å². The molecule has 0 aliphatic carbocycles. The van der Waals surface area contributed by atoms with Crippen molar-refractivity contribution in [3.63, 3.8) is 0 Å². The highest BCUT2D eigenvalue weighted by Gasteiger charge is 2.15. The maximum atomic E-state index is 12.7. The number of aliphatic hydroxyl groups excluding tert-OH is 1. The Bertz CT molecular complexity index is 636. The van der Waals surface area contributed by atoms with Crippen LogP contribution in [0.4, 0.5) is 15.9 Å². The molecule has 0 spiro atoms. The van der Waals surface area contributed by atoms with Gasteiger partial charge in [-0.1, -0.05) is 0 Å². The number of hydrogen-bond donors (Lipinski definition) is 2. The number of aromatic nitrogens is 1. The Balaban J connectivity index is 1.84. The van der Waals surface area contributed by atoms with E-state index >= 15 is 0 Å². The molecule has 0 saturated carbocycles. The molecule has 2 rings (SSSR count). The number of nitro groups is 1. The Kier molecular flexibility index (Phi) is 5.21. The van der Waals surface area contributed by atoms with Crippen molar-refractivity contribution in [2.24, 2.45) is 0 Å². The largest absolute Gasteiger partial charge is 0.491 e. The molecule has 0 bridgehead atoms. The number of nitrogens with one attached hydrogen (secondary N) is 1. The molecule has 8 heteroatoms. The molecular weight excluding hydrogens is 293 g/mol. The van der Waals surface area contributed by atoms with Crippen molar-refractivity contribution >= 4 is 11.5 Å². The van der Waals surface area contributed by atoms with Gasteiger partial charge < -0.3 is 15.2 Å². The van der Waals surface area contributed by atoms with Gasteiger partial charge in [0.15, 0.2) is 0 Å². The predicted octanol–water partition coefficient (Wildman–Crippen LogP) is 1.98. The third-order valence-corrected chi connectivity index (χ3v) is 2.74. The summed E-state index contributed by atoms with van der Waals surface area (Å²) in [4.78, 5) is 14.1. The molecule has 0 aliphatic heterocycles. The summed E-state index contributed by atoms with van der Waals surface area (Å²) in [6.45, 7) is -0.0156. The van der Waals surface area contributed by atoms with E-state index in [-0.39, 0.29) is 30.5 Å². The summed E-state index contributed by atoms with van der Waals surface area (Å²) < 4.78 is 18.0. The fourth-order valence-corrected chi connectivity index (χ4v) is 1.68. The van der Waals surface area contributed by atoms with Gasteiger partial charge in [-0.3, -0.25) is 10.1 Å². The number of benzene rings is 1. The minimum absolute atomic E-state index is 0.0268. The molecule has 2 N–H and O–H groups in total. The van der Waals surface area contributed by atoms with Crippen molar-refractivity contribution in [3.05, 3.63) is 58.5 Å². The van der Waals surface area contributed by atoms with Gasteiger partial charge in [0.2, 0.25) is 5.82 Å². The zero-order valence-corrected chi connectivity index (χ0v) is 11.5. The summed E-state index contributed by atoms with van der Waals surface area (Å²) in [5, 5.41) is 23.3. The average Bonchev–Trinajstić information content (AvgIpc) is 2.52. The Morgan fingerprint density at radius 2 is 2.09 bits per heavy atom. The first-order valence-electron chi connectivity index (χ1n) is 6.46. The lowest BCUT2D eigenvalue weighted by molar-refractivity contribution is -0.384. The minimum atomic E-state index is -0.910. The van der Waals surface area contributed by atoms with Gasteiger partial charge in [0, 0.05) is 18.8 Å². The van der Waals surface area contributed by atoms with Gasteiger partial charge in [-0.15, -0.1) is 0 Å². The highest BCUT2D eigenvalue weighted by atomic mass is 19.1. The second-order valence-electron chi connectivity index (χ2n) is 4.43. The average molecular weight is 307 g/mol. The van der Waals surface area contributed by atoms with Crippen LogP contribution < -0.4 is 10.1 Å². The van der Waals surface area contributed by atoms with Gasteiger partial charge in [0.25, 0.3) is 0 Å². The monoisotopic (exact) mass is 307 g/mol. The smallest absolute Gasteiger partial charge is 0.311 e. The van der Waals surface area contributed by atoms with Crippen LogP contribution in [0.5, 0.6) is 5.75 Å². The number of halogens is 1. The van der Waals surface area contributed by atoms with E-state index in [1.807, 2.05) is 0 Å². The van der Waals surface area contributed by atoms with E-state index in [1.54, 1.807) is 0 Å². The fraction of sp³-hybridized carbons (Fsp3) is 0.214. The predicted molar refractivity (Wildman–Crippen MR) is 77.3 cm³/mol. The normalized spacial score (nSPS) is 11.7. The number of rotatable bonds is 7. The molecular formula is C14H14FN3O4. The van der Waals surface area contributed by atoms with Gasteiger partial charge in [0.1, 0.15) is 24.3 Å². The highest BCUT2D eigenvalue weighted by Crippen LogP contribution is 2.20. The van der Waals surface area contributed by atoms with Crippen LogP contribution in [0, 0.1) is 15.9 Å². The van der Waals surface area contributed by atoms with Crippen LogP contribution >= 0.6 is 0 Å². The van der Waals surface area contributed by atoms with Crippen LogP contribution in [0.1, 0.15) is 0 Å². The lowest BCUT2D eigenvalue weighted by Crippen LogP contribution is -2.26. The standard InChI is InChI=1S/C14H14FN3O4/c15-10-3-5-12(6-4-10)22-9-11(19)8-17-14-13(18(20)21)2-1-7-16-14/h1-7,11,19H,8-9H2,(H,16,17)/t11-/m1/s1. The van der Waals surface area contributed by atoms with Crippen LogP contribution in [0.2, 0.25) is 0 Å². The van der Waals surface area contributed by atoms with Crippen LogP contribution in [0.25, 0.3) is 0 Å². The van der Waals surface area contributed by atoms with E-state index in [9.17, 15) is 19.6 Å². The van der Waals surface area contributed by atoms with Crippen molar-refractivity contribution in [2.45, 2.75) is 6.10 Å². The molecule has 0 unspecified atom stereocenters. The lowest BCUT2D eigenvalue weighted by atomic mass is 10.3. The SMILES string of the molecule is O=[N+]([O-])c1cccnc1NC[C@@H](O)COc1ccc(F)cc1. The van der Waals surface area contributed by atoms with Gasteiger partial charge >= 0.3 is 5.69 Å². The number of ether oxygens (including phenoxy) is 1. The first kappa shape index (κ1) is 15.6. The van der Waals surface area contributed by atoms with Crippen LogP contribution in [-0.4, -0.2) is 34.3 Å². The second kappa shape index (κ2) is 7.32. The fourth-order valence-electron chi connectivity index (χ4n) is 1.68. The molecule has 116 valence electrons. The van der Waals surface area contributed by atoms with E-state index in [4.69, 9.17) is 4.74 Å². The van der Waals surface area contributed by atoms with Crippen LogP contribution in [0.15, 0.2) is 42.6 Å². The molecule has 0 radical (unpaired) electrons. The molecule has 0 fully saturated rings. The number of hydrogen-bond acceptors (Lipinski definition) is 6. The second-order valence-corrected chi connectivity index (χ2v) is 4.43. The van der Waals surface area contributed by atoms with Crippen molar-refractivity contribution in [1.82, 2.24) is 4.98 Å². The summed E-state index contributed by atoms with van der Waals surface area (Å²) in [6.07, 6.45) is 0.503. The van der Waals surface area contributed by atoms with Crippen molar-refractivity contribution in [2.75, 3.05) is 18.5 Å². The number of aliphatic hydroxyl groups is 1. The summed E-state index contributed by atoms with van der Waals surface area (Å²) >= 11 is 0. The zero-order valence-electron chi connectivity index (χ0n) is 11.5. The summed E-state index contributed by atoms with van der Waals surface area (Å²) in [6, 6.07) is 8.15. The van der Waals surface area contributed by atoms with Gasteiger partial charge in [-0.2, -0.15) is 0 Å². The lowest BCUT2D eigenvalue weighted by Gasteiger charge is -2.13.